The number of halogens is 1. The molecule has 0 N–H and O–H groups in total. The Balaban J connectivity index is 2.12. The quantitative estimate of drug-likeness (QED) is 0.797. The molecule has 0 aliphatic heterocycles. The van der Waals surface area contributed by atoms with Crippen LogP contribution in [0.2, 0.25) is 0 Å². The van der Waals surface area contributed by atoms with Crippen molar-refractivity contribution in [3.63, 3.8) is 0 Å². The molecule has 1 heterocycles. The van der Waals surface area contributed by atoms with Crippen molar-refractivity contribution in [2.45, 2.75) is 51.5 Å². The fraction of sp³-hybridized carbons (Fsp3) is 0.529. The van der Waals surface area contributed by atoms with Gasteiger partial charge in [0.25, 0.3) is 5.56 Å². The lowest BCUT2D eigenvalue weighted by molar-refractivity contribution is 0.231. The van der Waals surface area contributed by atoms with Gasteiger partial charge in [0.05, 0.1) is 16.8 Å². The van der Waals surface area contributed by atoms with E-state index in [-0.39, 0.29) is 16.9 Å². The second kappa shape index (κ2) is 5.80. The van der Waals surface area contributed by atoms with Gasteiger partial charge in [-0.3, -0.25) is 9.36 Å². The maximum Gasteiger partial charge on any atom is 0.261 e. The van der Waals surface area contributed by atoms with Gasteiger partial charge in [-0.2, -0.15) is 0 Å². The van der Waals surface area contributed by atoms with Crippen LogP contribution in [0.25, 0.3) is 10.9 Å². The van der Waals surface area contributed by atoms with E-state index in [2.05, 4.69) is 11.9 Å². The zero-order chi connectivity index (χ0) is 14.9. The lowest BCUT2D eigenvalue weighted by atomic mass is 9.83. The summed E-state index contributed by atoms with van der Waals surface area (Å²) in [6.45, 7) is 2.98. The number of hydrogen-bond acceptors (Lipinski definition) is 2. The second-order valence-electron chi connectivity index (χ2n) is 6.13. The third-order valence-corrected chi connectivity index (χ3v) is 5.21. The van der Waals surface area contributed by atoms with Crippen molar-refractivity contribution in [1.82, 2.24) is 9.55 Å². The molecule has 112 valence electrons. The average molecular weight is 305 g/mol. The SMILES string of the molecule is CCC1(Cn2c(CCl)nc3ccccc3c2=O)CCCC1. The molecule has 1 aromatic carbocycles. The Morgan fingerprint density at radius 1 is 1.29 bits per heavy atom. The van der Waals surface area contributed by atoms with E-state index in [1.165, 1.54) is 25.7 Å². The largest absolute Gasteiger partial charge is 0.295 e. The minimum absolute atomic E-state index is 0.0518. The molecule has 1 aliphatic carbocycles. The summed E-state index contributed by atoms with van der Waals surface area (Å²) in [6, 6.07) is 7.53. The smallest absolute Gasteiger partial charge is 0.261 e. The first-order valence-corrected chi connectivity index (χ1v) is 8.27. The highest BCUT2D eigenvalue weighted by molar-refractivity contribution is 6.16. The van der Waals surface area contributed by atoms with E-state index in [0.717, 1.165) is 18.5 Å². The Morgan fingerprint density at radius 3 is 2.67 bits per heavy atom. The van der Waals surface area contributed by atoms with Crippen molar-refractivity contribution in [3.8, 4) is 0 Å². The summed E-state index contributed by atoms with van der Waals surface area (Å²) in [7, 11) is 0. The number of benzene rings is 1. The maximum atomic E-state index is 12.8. The summed E-state index contributed by atoms with van der Waals surface area (Å²) >= 11 is 6.06. The van der Waals surface area contributed by atoms with Gasteiger partial charge in [-0.15, -0.1) is 11.6 Å². The van der Waals surface area contributed by atoms with Crippen molar-refractivity contribution in [2.24, 2.45) is 5.41 Å². The fourth-order valence-corrected chi connectivity index (χ4v) is 3.77. The number of nitrogens with zero attached hydrogens (tertiary/aromatic N) is 2. The van der Waals surface area contributed by atoms with E-state index in [1.807, 2.05) is 28.8 Å². The van der Waals surface area contributed by atoms with Gasteiger partial charge < -0.3 is 0 Å². The fourth-order valence-electron chi connectivity index (χ4n) is 3.56. The highest BCUT2D eigenvalue weighted by atomic mass is 35.5. The third kappa shape index (κ3) is 2.59. The first-order chi connectivity index (χ1) is 10.2. The van der Waals surface area contributed by atoms with Crippen LogP contribution < -0.4 is 5.56 Å². The molecule has 0 amide bonds. The summed E-state index contributed by atoms with van der Waals surface area (Å²) in [5.41, 5.74) is 1.04. The van der Waals surface area contributed by atoms with E-state index in [0.29, 0.717) is 11.2 Å². The van der Waals surface area contributed by atoms with E-state index in [1.54, 1.807) is 0 Å². The first kappa shape index (κ1) is 14.6. The highest BCUT2D eigenvalue weighted by Crippen LogP contribution is 2.42. The average Bonchev–Trinajstić information content (AvgIpc) is 2.99. The Kier molecular flexibility index (Phi) is 4.03. The van der Waals surface area contributed by atoms with Crippen LogP contribution >= 0.6 is 11.6 Å². The third-order valence-electron chi connectivity index (χ3n) is 4.97. The van der Waals surface area contributed by atoms with Crippen LogP contribution in [-0.2, 0) is 12.4 Å². The lowest BCUT2D eigenvalue weighted by Crippen LogP contribution is -2.33. The lowest BCUT2D eigenvalue weighted by Gasteiger charge is -2.29. The zero-order valence-corrected chi connectivity index (χ0v) is 13.2. The van der Waals surface area contributed by atoms with Gasteiger partial charge in [0.1, 0.15) is 5.82 Å². The molecular formula is C17H21ClN2O. The summed E-state index contributed by atoms with van der Waals surface area (Å²) in [5.74, 6) is 0.972. The molecular weight excluding hydrogens is 284 g/mol. The summed E-state index contributed by atoms with van der Waals surface area (Å²) in [5, 5.41) is 0.690. The predicted octanol–water partition coefficient (Wildman–Crippen LogP) is 4.11. The van der Waals surface area contributed by atoms with E-state index in [9.17, 15) is 4.79 Å². The molecule has 21 heavy (non-hydrogen) atoms. The number of rotatable bonds is 4. The number of aromatic nitrogens is 2. The number of fused-ring (bicyclic) bond motifs is 1. The number of para-hydroxylation sites is 1. The van der Waals surface area contributed by atoms with Crippen molar-refractivity contribution < 1.29 is 0 Å². The summed E-state index contributed by atoms with van der Waals surface area (Å²) in [4.78, 5) is 17.4. The minimum Gasteiger partial charge on any atom is -0.295 e. The van der Waals surface area contributed by atoms with E-state index < -0.39 is 0 Å². The van der Waals surface area contributed by atoms with Crippen LogP contribution in [-0.4, -0.2) is 9.55 Å². The molecule has 0 atom stereocenters. The Labute approximate surface area is 130 Å². The zero-order valence-electron chi connectivity index (χ0n) is 12.4. The van der Waals surface area contributed by atoms with Crippen molar-refractivity contribution >= 4 is 22.5 Å². The van der Waals surface area contributed by atoms with Crippen LogP contribution in [0.15, 0.2) is 29.1 Å². The van der Waals surface area contributed by atoms with E-state index in [4.69, 9.17) is 11.6 Å². The molecule has 0 spiro atoms. The van der Waals surface area contributed by atoms with Gasteiger partial charge in [-0.1, -0.05) is 31.9 Å². The molecule has 3 nitrogen and oxygen atoms in total. The Hall–Kier alpha value is -1.35. The molecule has 2 aromatic rings. The molecule has 1 aromatic heterocycles. The summed E-state index contributed by atoms with van der Waals surface area (Å²) in [6.07, 6.45) is 6.03. The minimum atomic E-state index is 0.0518. The molecule has 1 aliphatic rings. The standard InChI is InChI=1S/C17H21ClN2O/c1-2-17(9-5-6-10-17)12-20-15(11-18)19-14-8-4-3-7-13(14)16(20)21/h3-4,7-8H,2,5-6,9-12H2,1H3. The van der Waals surface area contributed by atoms with Crippen LogP contribution in [0, 0.1) is 5.41 Å². The van der Waals surface area contributed by atoms with Crippen LogP contribution in [0.5, 0.6) is 0 Å². The maximum absolute atomic E-state index is 12.8. The van der Waals surface area contributed by atoms with E-state index >= 15 is 0 Å². The molecule has 0 unspecified atom stereocenters. The van der Waals surface area contributed by atoms with Gasteiger partial charge in [0, 0.05) is 6.54 Å². The van der Waals surface area contributed by atoms with Crippen molar-refractivity contribution in [1.29, 1.82) is 0 Å². The molecule has 3 rings (SSSR count). The Bertz CT molecular complexity index is 701. The van der Waals surface area contributed by atoms with Gasteiger partial charge in [-0.05, 0) is 36.8 Å². The molecule has 1 fully saturated rings. The van der Waals surface area contributed by atoms with Crippen LogP contribution in [0.1, 0.15) is 44.9 Å². The normalized spacial score (nSPS) is 17.4. The van der Waals surface area contributed by atoms with Gasteiger partial charge in [0.2, 0.25) is 0 Å². The number of alkyl halides is 1. The number of hydrogen-bond donors (Lipinski definition) is 0. The van der Waals surface area contributed by atoms with Crippen LogP contribution in [0.4, 0.5) is 0 Å². The van der Waals surface area contributed by atoms with Crippen molar-refractivity contribution in [3.05, 3.63) is 40.4 Å². The highest BCUT2D eigenvalue weighted by Gasteiger charge is 2.33. The van der Waals surface area contributed by atoms with Crippen LogP contribution in [0.3, 0.4) is 0 Å². The van der Waals surface area contributed by atoms with Gasteiger partial charge in [-0.25, -0.2) is 4.98 Å². The topological polar surface area (TPSA) is 34.9 Å². The predicted molar refractivity (Wildman–Crippen MR) is 86.8 cm³/mol. The van der Waals surface area contributed by atoms with Crippen molar-refractivity contribution in [2.75, 3.05) is 0 Å². The first-order valence-electron chi connectivity index (χ1n) is 7.73. The summed E-state index contributed by atoms with van der Waals surface area (Å²) < 4.78 is 1.82. The molecule has 0 saturated heterocycles. The Morgan fingerprint density at radius 2 is 2.00 bits per heavy atom. The van der Waals surface area contributed by atoms with Gasteiger partial charge in [0.15, 0.2) is 0 Å². The molecule has 1 saturated carbocycles. The molecule has 4 heteroatoms. The molecule has 0 radical (unpaired) electrons. The second-order valence-corrected chi connectivity index (χ2v) is 6.40. The van der Waals surface area contributed by atoms with Gasteiger partial charge >= 0.3 is 0 Å². The monoisotopic (exact) mass is 304 g/mol. The molecule has 0 bridgehead atoms.